The summed E-state index contributed by atoms with van der Waals surface area (Å²) in [5, 5.41) is 10.4. The van der Waals surface area contributed by atoms with Crippen LogP contribution >= 0.6 is 11.8 Å². The molecular formula is C19H22O4S. The molecule has 0 aromatic heterocycles. The van der Waals surface area contributed by atoms with Crippen molar-refractivity contribution in [1.82, 2.24) is 0 Å². The molecule has 0 amide bonds. The molecule has 0 aliphatic carbocycles. The fourth-order valence-electron chi connectivity index (χ4n) is 2.25. The van der Waals surface area contributed by atoms with E-state index in [2.05, 4.69) is 4.74 Å². The molecule has 0 radical (unpaired) electrons. The van der Waals surface area contributed by atoms with E-state index < -0.39 is 12.1 Å². The van der Waals surface area contributed by atoms with Crippen LogP contribution in [0.5, 0.6) is 0 Å². The lowest BCUT2D eigenvalue weighted by atomic mass is 10.1. The number of methoxy groups -OCH3 is 1. The molecule has 0 spiro atoms. The van der Waals surface area contributed by atoms with Crippen LogP contribution in [0.25, 0.3) is 0 Å². The number of hydrogen-bond acceptors (Lipinski definition) is 5. The van der Waals surface area contributed by atoms with Crippen molar-refractivity contribution in [2.45, 2.75) is 23.2 Å². The van der Waals surface area contributed by atoms with Crippen LogP contribution in [0, 0.1) is 6.92 Å². The van der Waals surface area contributed by atoms with Gasteiger partial charge in [0.2, 0.25) is 0 Å². The summed E-state index contributed by atoms with van der Waals surface area (Å²) >= 11 is 1.59. The van der Waals surface area contributed by atoms with Gasteiger partial charge in [-0.05, 0) is 24.1 Å². The molecule has 0 fully saturated rings. The number of esters is 1. The molecule has 2 rings (SSSR count). The van der Waals surface area contributed by atoms with Gasteiger partial charge in [-0.3, -0.25) is 0 Å². The lowest BCUT2D eigenvalue weighted by Gasteiger charge is -2.23. The minimum Gasteiger partial charge on any atom is -0.467 e. The van der Waals surface area contributed by atoms with E-state index in [0.29, 0.717) is 0 Å². The maximum Gasteiger partial charge on any atom is 0.331 e. The number of carbonyl (C=O) groups is 1. The Morgan fingerprint density at radius 2 is 1.79 bits per heavy atom. The first-order chi connectivity index (χ1) is 11.6. The quantitative estimate of drug-likeness (QED) is 0.587. The van der Waals surface area contributed by atoms with Gasteiger partial charge in [-0.15, -0.1) is 11.8 Å². The second kappa shape index (κ2) is 9.47. The summed E-state index contributed by atoms with van der Waals surface area (Å²) in [6, 6.07) is 17.9. The van der Waals surface area contributed by atoms with E-state index in [9.17, 15) is 9.90 Å². The molecule has 1 N–H and O–H groups in total. The summed E-state index contributed by atoms with van der Waals surface area (Å²) in [5.74, 6) is -0.454. The van der Waals surface area contributed by atoms with Crippen LogP contribution in [-0.2, 0) is 14.3 Å². The van der Waals surface area contributed by atoms with Gasteiger partial charge in [-0.1, -0.05) is 48.5 Å². The Bertz CT molecular complexity index is 645. The smallest absolute Gasteiger partial charge is 0.331 e. The number of thioether (sulfide) groups is 1. The third-order valence-electron chi connectivity index (χ3n) is 3.56. The normalized spacial score (nSPS) is 13.3. The van der Waals surface area contributed by atoms with Gasteiger partial charge in [-0.25, -0.2) is 4.79 Å². The van der Waals surface area contributed by atoms with Gasteiger partial charge >= 0.3 is 5.97 Å². The van der Waals surface area contributed by atoms with E-state index in [4.69, 9.17) is 4.74 Å². The summed E-state index contributed by atoms with van der Waals surface area (Å²) in [5.41, 5.74) is 2.17. The topological polar surface area (TPSA) is 55.8 Å². The van der Waals surface area contributed by atoms with Crippen LogP contribution in [0.4, 0.5) is 0 Å². The average molecular weight is 346 g/mol. The highest BCUT2D eigenvalue weighted by Crippen LogP contribution is 2.39. The minimum absolute atomic E-state index is 0.0630. The van der Waals surface area contributed by atoms with Crippen molar-refractivity contribution < 1.29 is 19.4 Å². The lowest BCUT2D eigenvalue weighted by Crippen LogP contribution is -2.24. The molecule has 4 nitrogen and oxygen atoms in total. The fourth-order valence-corrected chi connectivity index (χ4v) is 3.46. The Labute approximate surface area is 146 Å². The van der Waals surface area contributed by atoms with Gasteiger partial charge in [0.1, 0.15) is 6.61 Å². The molecule has 0 saturated heterocycles. The summed E-state index contributed by atoms with van der Waals surface area (Å²) in [7, 11) is 1.31. The maximum absolute atomic E-state index is 11.1. The number of aliphatic hydroxyl groups excluding tert-OH is 1. The van der Waals surface area contributed by atoms with E-state index in [1.807, 2.05) is 61.5 Å². The highest BCUT2D eigenvalue weighted by molar-refractivity contribution is 7.99. The molecule has 128 valence electrons. The van der Waals surface area contributed by atoms with Crippen molar-refractivity contribution in [3.63, 3.8) is 0 Å². The fraction of sp³-hybridized carbons (Fsp3) is 0.316. The highest BCUT2D eigenvalue weighted by Gasteiger charge is 2.23. The third kappa shape index (κ3) is 5.37. The molecule has 0 aliphatic heterocycles. The van der Waals surface area contributed by atoms with Crippen molar-refractivity contribution in [3.8, 4) is 0 Å². The Hall–Kier alpha value is -1.82. The number of hydrogen-bond donors (Lipinski definition) is 1. The zero-order valence-corrected chi connectivity index (χ0v) is 14.7. The summed E-state index contributed by atoms with van der Waals surface area (Å²) in [6.07, 6.45) is -0.748. The molecule has 24 heavy (non-hydrogen) atoms. The third-order valence-corrected chi connectivity index (χ3v) is 5.11. The number of benzene rings is 2. The largest absolute Gasteiger partial charge is 0.467 e. The van der Waals surface area contributed by atoms with Crippen molar-refractivity contribution in [3.05, 3.63) is 65.7 Å². The van der Waals surface area contributed by atoms with Crippen molar-refractivity contribution >= 4 is 17.7 Å². The Morgan fingerprint density at radius 1 is 1.12 bits per heavy atom. The Morgan fingerprint density at radius 3 is 2.46 bits per heavy atom. The predicted molar refractivity (Wildman–Crippen MR) is 95.1 cm³/mol. The van der Waals surface area contributed by atoms with Gasteiger partial charge in [0.15, 0.2) is 0 Å². The summed E-state index contributed by atoms with van der Waals surface area (Å²) < 4.78 is 9.82. The van der Waals surface area contributed by atoms with Crippen LogP contribution in [0.1, 0.15) is 16.4 Å². The maximum atomic E-state index is 11.1. The predicted octanol–water partition coefficient (Wildman–Crippen LogP) is 3.38. The summed E-state index contributed by atoms with van der Waals surface area (Å²) in [4.78, 5) is 12.2. The Kier molecular flexibility index (Phi) is 7.31. The van der Waals surface area contributed by atoms with E-state index in [1.165, 1.54) is 7.11 Å². The van der Waals surface area contributed by atoms with Gasteiger partial charge in [0, 0.05) is 4.90 Å². The van der Waals surface area contributed by atoms with E-state index in [1.54, 1.807) is 11.8 Å². The zero-order chi connectivity index (χ0) is 17.4. The monoisotopic (exact) mass is 346 g/mol. The highest BCUT2D eigenvalue weighted by atomic mass is 32.2. The van der Waals surface area contributed by atoms with E-state index in [-0.39, 0.29) is 18.5 Å². The molecule has 0 heterocycles. The zero-order valence-electron chi connectivity index (χ0n) is 13.8. The number of aliphatic hydroxyl groups is 1. The molecule has 2 aromatic carbocycles. The van der Waals surface area contributed by atoms with Crippen molar-refractivity contribution in [2.24, 2.45) is 0 Å². The first-order valence-electron chi connectivity index (χ1n) is 7.71. The van der Waals surface area contributed by atoms with Gasteiger partial charge in [0.25, 0.3) is 0 Å². The van der Waals surface area contributed by atoms with Crippen LogP contribution < -0.4 is 0 Å². The molecule has 0 saturated carbocycles. The molecular weight excluding hydrogens is 324 g/mol. The standard InChI is InChI=1S/C19H22O4S/c1-14-8-6-7-11-17(14)24-19(15-9-4-3-5-10-15)16(20)12-23-13-18(21)22-2/h3-11,16,19-20H,12-13H2,1-2H3. The second-order valence-corrected chi connectivity index (χ2v) is 6.56. The summed E-state index contributed by atoms with van der Waals surface area (Å²) in [6.45, 7) is 1.95. The van der Waals surface area contributed by atoms with Gasteiger partial charge < -0.3 is 14.6 Å². The second-order valence-electron chi connectivity index (χ2n) is 5.37. The molecule has 0 bridgehead atoms. The number of ether oxygens (including phenoxy) is 2. The molecule has 2 atom stereocenters. The van der Waals surface area contributed by atoms with E-state index in [0.717, 1.165) is 16.0 Å². The van der Waals surface area contributed by atoms with Crippen LogP contribution in [-0.4, -0.2) is 37.5 Å². The van der Waals surface area contributed by atoms with Crippen molar-refractivity contribution in [2.75, 3.05) is 20.3 Å². The average Bonchev–Trinajstić information content (AvgIpc) is 2.61. The number of aryl methyl sites for hydroxylation is 1. The molecule has 0 aliphatic rings. The van der Waals surface area contributed by atoms with Crippen LogP contribution in [0.3, 0.4) is 0 Å². The number of rotatable bonds is 8. The van der Waals surface area contributed by atoms with Gasteiger partial charge in [0.05, 0.1) is 25.1 Å². The first-order valence-corrected chi connectivity index (χ1v) is 8.59. The van der Waals surface area contributed by atoms with E-state index >= 15 is 0 Å². The molecule has 5 heteroatoms. The minimum atomic E-state index is -0.748. The van der Waals surface area contributed by atoms with Gasteiger partial charge in [-0.2, -0.15) is 0 Å². The molecule has 2 aromatic rings. The SMILES string of the molecule is COC(=O)COCC(O)C(Sc1ccccc1C)c1ccccc1. The first kappa shape index (κ1) is 18.5. The number of carbonyl (C=O) groups excluding carboxylic acids is 1. The van der Waals surface area contributed by atoms with Crippen LogP contribution in [0.2, 0.25) is 0 Å². The lowest BCUT2D eigenvalue weighted by molar-refractivity contribution is -0.146. The Balaban J connectivity index is 2.11. The van der Waals surface area contributed by atoms with Crippen molar-refractivity contribution in [1.29, 1.82) is 0 Å². The van der Waals surface area contributed by atoms with Crippen LogP contribution in [0.15, 0.2) is 59.5 Å². The molecule has 2 unspecified atom stereocenters.